The Labute approximate surface area is 291 Å². The van der Waals surface area contributed by atoms with Crippen molar-refractivity contribution in [1.29, 1.82) is 5.41 Å². The zero-order chi connectivity index (χ0) is 33.2. The van der Waals surface area contributed by atoms with Crippen LogP contribution in [-0.2, 0) is 4.79 Å². The van der Waals surface area contributed by atoms with Crippen LogP contribution in [0.2, 0.25) is 0 Å². The fourth-order valence-electron chi connectivity index (χ4n) is 6.14. The van der Waals surface area contributed by atoms with E-state index in [0.29, 0.717) is 32.5 Å². The van der Waals surface area contributed by atoms with E-state index in [1.807, 2.05) is 0 Å². The van der Waals surface area contributed by atoms with Crippen LogP contribution in [0.1, 0.15) is 194 Å². The minimum atomic E-state index is -0.587. The molecule has 0 unspecified atom stereocenters. The monoisotopic (exact) mass is 673 g/mol. The molecule has 0 aliphatic carbocycles. The van der Waals surface area contributed by atoms with E-state index < -0.39 is 12.1 Å². The van der Waals surface area contributed by atoms with Gasteiger partial charge in [-0.1, -0.05) is 168 Å². The summed E-state index contributed by atoms with van der Waals surface area (Å²) in [6.45, 7) is 6.15. The van der Waals surface area contributed by atoms with Crippen molar-refractivity contribution in [3.63, 3.8) is 0 Å². The van der Waals surface area contributed by atoms with Gasteiger partial charge in [0.25, 0.3) is 0 Å². The number of primary amides is 1. The summed E-state index contributed by atoms with van der Waals surface area (Å²) in [6, 6.07) is -1.12. The molecule has 8 nitrogen and oxygen atoms in total. The summed E-state index contributed by atoms with van der Waals surface area (Å²) in [5, 5.41) is 13.2. The zero-order valence-corrected chi connectivity index (χ0v) is 31.1. The number of nitrogens with zero attached hydrogens (tertiary/aromatic N) is 1. The van der Waals surface area contributed by atoms with Crippen molar-refractivity contribution < 1.29 is 9.59 Å². The summed E-state index contributed by atoms with van der Waals surface area (Å²) < 4.78 is 0. The first-order valence-electron chi connectivity index (χ1n) is 19.4. The van der Waals surface area contributed by atoms with Gasteiger partial charge in [0, 0.05) is 19.6 Å². The van der Waals surface area contributed by atoms with Gasteiger partial charge in [-0.25, -0.2) is 4.79 Å². The second-order valence-electron chi connectivity index (χ2n) is 13.3. The van der Waals surface area contributed by atoms with Crippen LogP contribution in [0.25, 0.3) is 0 Å². The van der Waals surface area contributed by atoms with E-state index in [4.69, 9.17) is 16.9 Å². The molecule has 0 rings (SSSR count). The lowest BCUT2D eigenvalue weighted by molar-refractivity contribution is -0.125. The van der Waals surface area contributed by atoms with E-state index >= 15 is 0 Å². The van der Waals surface area contributed by atoms with E-state index in [-0.39, 0.29) is 24.3 Å². The predicted molar refractivity (Wildman–Crippen MR) is 201 cm³/mol. The van der Waals surface area contributed by atoms with E-state index in [2.05, 4.69) is 24.5 Å². The van der Waals surface area contributed by atoms with Gasteiger partial charge in [0.1, 0.15) is 6.04 Å². The largest absolute Gasteiger partial charge is 0.370 e. The average Bonchev–Trinajstić information content (AvgIpc) is 3.01. The molecule has 0 aliphatic heterocycles. The minimum absolute atomic E-state index is 0. The van der Waals surface area contributed by atoms with Crippen LogP contribution in [-0.4, -0.2) is 48.5 Å². The number of nitrogens with one attached hydrogen (secondary N) is 3. The molecular formula is C37H77ClN6O2. The van der Waals surface area contributed by atoms with E-state index in [9.17, 15) is 9.59 Å². The number of hydrogen-bond donors (Lipinski definition) is 5. The third kappa shape index (κ3) is 30.9. The average molecular weight is 674 g/mol. The van der Waals surface area contributed by atoms with Crippen LogP contribution in [0.5, 0.6) is 0 Å². The molecule has 46 heavy (non-hydrogen) atoms. The highest BCUT2D eigenvalue weighted by molar-refractivity contribution is 5.86. The van der Waals surface area contributed by atoms with Gasteiger partial charge in [-0.15, -0.1) is 12.4 Å². The van der Waals surface area contributed by atoms with Gasteiger partial charge in [0.05, 0.1) is 0 Å². The molecule has 0 spiro atoms. The lowest BCUT2D eigenvalue weighted by atomic mass is 10.0. The van der Waals surface area contributed by atoms with Crippen LogP contribution in [0.15, 0.2) is 0 Å². The molecule has 0 heterocycles. The SMILES string of the molecule is CCCCCCCCCCCCCCCCCCN(C(N)=O)[C@@H](CCCNC(=N)N)C(=O)NCCCCCCCCCCCC.Cl. The van der Waals surface area contributed by atoms with E-state index in [1.54, 1.807) is 4.90 Å². The normalized spacial score (nSPS) is 11.5. The van der Waals surface area contributed by atoms with Crippen LogP contribution < -0.4 is 22.1 Å². The third-order valence-electron chi connectivity index (χ3n) is 9.01. The molecule has 0 aromatic carbocycles. The highest BCUT2D eigenvalue weighted by Crippen LogP contribution is 2.15. The molecule has 0 aromatic heterocycles. The Hall–Kier alpha value is -1.70. The fourth-order valence-corrected chi connectivity index (χ4v) is 6.14. The third-order valence-corrected chi connectivity index (χ3v) is 9.01. The summed E-state index contributed by atoms with van der Waals surface area (Å²) in [6.07, 6.45) is 34.4. The molecule has 7 N–H and O–H groups in total. The summed E-state index contributed by atoms with van der Waals surface area (Å²) >= 11 is 0. The standard InChI is InChI=1S/C37H76N6O2.ClH/c1-3-5-7-9-11-13-15-16-17-18-19-20-22-24-26-28-33-43(37(40)45)34(30-29-32-42-36(38)39)35(44)41-31-27-25-23-21-14-12-10-8-6-4-2;/h34H,3-33H2,1-2H3,(H2,40,45)(H,41,44)(H4,38,39,42);1H/t34-;/m0./s1. The van der Waals surface area contributed by atoms with Gasteiger partial charge < -0.3 is 27.0 Å². The van der Waals surface area contributed by atoms with E-state index in [1.165, 1.54) is 135 Å². The number of unbranched alkanes of at least 4 members (excludes halogenated alkanes) is 24. The molecule has 0 fully saturated rings. The summed E-state index contributed by atoms with van der Waals surface area (Å²) in [5.74, 6) is -0.207. The summed E-state index contributed by atoms with van der Waals surface area (Å²) in [5.41, 5.74) is 11.2. The first-order valence-corrected chi connectivity index (χ1v) is 19.4. The van der Waals surface area contributed by atoms with Gasteiger partial charge >= 0.3 is 6.03 Å². The number of hydrogen-bond acceptors (Lipinski definition) is 3. The Morgan fingerprint density at radius 2 is 0.891 bits per heavy atom. The van der Waals surface area contributed by atoms with Gasteiger partial charge in [0.2, 0.25) is 5.91 Å². The Morgan fingerprint density at radius 3 is 1.26 bits per heavy atom. The maximum Gasteiger partial charge on any atom is 0.315 e. The quantitative estimate of drug-likeness (QED) is 0.0264. The highest BCUT2D eigenvalue weighted by atomic mass is 35.5. The Balaban J connectivity index is 0. The highest BCUT2D eigenvalue weighted by Gasteiger charge is 2.27. The van der Waals surface area contributed by atoms with Crippen molar-refractivity contribution in [3.8, 4) is 0 Å². The van der Waals surface area contributed by atoms with Crippen molar-refractivity contribution >= 4 is 30.3 Å². The van der Waals surface area contributed by atoms with Crippen LogP contribution in [0, 0.1) is 5.41 Å². The minimum Gasteiger partial charge on any atom is -0.370 e. The number of urea groups is 1. The number of rotatable bonds is 34. The Morgan fingerprint density at radius 1 is 0.543 bits per heavy atom. The Bertz CT molecular complexity index is 697. The maximum absolute atomic E-state index is 13.2. The molecule has 9 heteroatoms. The maximum atomic E-state index is 13.2. The molecule has 274 valence electrons. The van der Waals surface area contributed by atoms with Crippen molar-refractivity contribution in [3.05, 3.63) is 0 Å². The second kappa shape index (κ2) is 36.1. The number of carbonyl (C=O) groups is 2. The number of halogens is 1. The molecule has 0 aromatic rings. The van der Waals surface area contributed by atoms with Gasteiger partial charge in [-0.05, 0) is 25.7 Å². The number of guanidine groups is 1. The Kier molecular flexibility index (Phi) is 36.5. The molecule has 0 saturated heterocycles. The number of amides is 3. The van der Waals surface area contributed by atoms with Crippen LogP contribution in [0.4, 0.5) is 4.79 Å². The molecule has 3 amide bonds. The summed E-state index contributed by atoms with van der Waals surface area (Å²) in [7, 11) is 0. The first-order chi connectivity index (χ1) is 21.9. The molecule has 0 aliphatic rings. The summed E-state index contributed by atoms with van der Waals surface area (Å²) in [4.78, 5) is 27.2. The number of nitrogens with two attached hydrogens (primary N) is 2. The van der Waals surface area contributed by atoms with Crippen molar-refractivity contribution in [1.82, 2.24) is 15.5 Å². The van der Waals surface area contributed by atoms with Gasteiger partial charge in [0.15, 0.2) is 5.96 Å². The fraction of sp³-hybridized carbons (Fsp3) is 0.919. The van der Waals surface area contributed by atoms with Gasteiger partial charge in [-0.2, -0.15) is 0 Å². The first kappa shape index (κ1) is 46.4. The second-order valence-corrected chi connectivity index (χ2v) is 13.3. The van der Waals surface area contributed by atoms with Crippen LogP contribution in [0.3, 0.4) is 0 Å². The lowest BCUT2D eigenvalue weighted by Gasteiger charge is -2.30. The van der Waals surface area contributed by atoms with Crippen molar-refractivity contribution in [2.24, 2.45) is 11.5 Å². The predicted octanol–water partition coefficient (Wildman–Crippen LogP) is 9.72. The molecule has 0 radical (unpaired) electrons. The number of carbonyl (C=O) groups excluding carboxylic acids is 2. The lowest BCUT2D eigenvalue weighted by Crippen LogP contribution is -2.52. The van der Waals surface area contributed by atoms with Crippen molar-refractivity contribution in [2.45, 2.75) is 200 Å². The molecule has 0 bridgehead atoms. The van der Waals surface area contributed by atoms with Gasteiger partial charge in [-0.3, -0.25) is 10.2 Å². The molecule has 0 saturated carbocycles. The zero-order valence-electron chi connectivity index (χ0n) is 30.3. The van der Waals surface area contributed by atoms with E-state index in [0.717, 1.165) is 32.1 Å². The van der Waals surface area contributed by atoms with Crippen LogP contribution >= 0.6 is 12.4 Å². The smallest absolute Gasteiger partial charge is 0.315 e. The molecular weight excluding hydrogens is 596 g/mol. The molecule has 1 atom stereocenters. The topological polar surface area (TPSA) is 137 Å². The van der Waals surface area contributed by atoms with Crippen molar-refractivity contribution in [2.75, 3.05) is 19.6 Å².